The summed E-state index contributed by atoms with van der Waals surface area (Å²) in [4.78, 5) is 4.78. The Morgan fingerprint density at radius 2 is 1.87 bits per heavy atom. The average Bonchev–Trinajstić information content (AvgIpc) is 2.79. The van der Waals surface area contributed by atoms with Gasteiger partial charge < -0.3 is 25.2 Å². The van der Waals surface area contributed by atoms with Gasteiger partial charge in [-0.1, -0.05) is 38.1 Å². The van der Waals surface area contributed by atoms with E-state index < -0.39 is 0 Å². The van der Waals surface area contributed by atoms with Crippen molar-refractivity contribution >= 4 is 29.9 Å². The first-order chi connectivity index (χ1) is 14.6. The number of hydrogen-bond acceptors (Lipinski definition) is 4. The average molecular weight is 548 g/mol. The fourth-order valence-electron chi connectivity index (χ4n) is 3.84. The summed E-state index contributed by atoms with van der Waals surface area (Å²) in [5, 5.41) is 16.3. The van der Waals surface area contributed by atoms with E-state index in [0.717, 1.165) is 64.4 Å². The lowest BCUT2D eigenvalue weighted by Crippen LogP contribution is -2.43. The summed E-state index contributed by atoms with van der Waals surface area (Å²) in [5.74, 6) is 0.825. The fraction of sp³-hybridized carbons (Fsp3) is 0.708. The number of aliphatic imine (C=N–C) groups is 1. The molecule has 0 bridgehead atoms. The Hall–Kier alpha value is -0.900. The molecule has 3 N–H and O–H groups in total. The topological polar surface area (TPSA) is 75.1 Å². The molecule has 1 aromatic carbocycles. The Labute approximate surface area is 205 Å². The van der Waals surface area contributed by atoms with Crippen LogP contribution < -0.4 is 10.6 Å². The molecule has 1 aliphatic heterocycles. The van der Waals surface area contributed by atoms with E-state index in [1.54, 1.807) is 0 Å². The summed E-state index contributed by atoms with van der Waals surface area (Å²) in [6, 6.07) is 8.48. The van der Waals surface area contributed by atoms with Crippen molar-refractivity contribution in [3.8, 4) is 0 Å². The molecule has 31 heavy (non-hydrogen) atoms. The van der Waals surface area contributed by atoms with Crippen molar-refractivity contribution in [1.82, 2.24) is 10.6 Å². The Morgan fingerprint density at radius 3 is 2.52 bits per heavy atom. The van der Waals surface area contributed by atoms with Crippen LogP contribution in [0, 0.1) is 5.41 Å². The zero-order valence-electron chi connectivity index (χ0n) is 19.5. The van der Waals surface area contributed by atoms with Crippen LogP contribution in [-0.4, -0.2) is 50.1 Å². The Balaban J connectivity index is 0.00000480. The van der Waals surface area contributed by atoms with Crippen LogP contribution in [0.4, 0.5) is 0 Å². The molecule has 0 saturated carbocycles. The smallest absolute Gasteiger partial charge is 0.191 e. The Morgan fingerprint density at radius 1 is 1.16 bits per heavy atom. The minimum Gasteiger partial charge on any atom is -0.396 e. The number of guanidine groups is 1. The van der Waals surface area contributed by atoms with Crippen LogP contribution in [0.25, 0.3) is 0 Å². The summed E-state index contributed by atoms with van der Waals surface area (Å²) in [7, 11) is 0. The van der Waals surface area contributed by atoms with Crippen molar-refractivity contribution in [3.63, 3.8) is 0 Å². The maximum atomic E-state index is 9.45. The second kappa shape index (κ2) is 15.8. The third-order valence-electron chi connectivity index (χ3n) is 6.18. The first-order valence-corrected chi connectivity index (χ1v) is 11.5. The molecular weight excluding hydrogens is 505 g/mol. The standard InChI is InChI=1S/C24H41N3O3.HI/c1-4-24(5-2,12-13-28)19-27-23(25-6-3)26-17-20-8-7-9-21(16-20)18-30-22-10-14-29-15-11-22;/h7-9,16,22,28H,4-6,10-15,17-19H2,1-3H3,(H2,25,26,27);1H. The molecule has 1 aliphatic rings. The highest BCUT2D eigenvalue weighted by molar-refractivity contribution is 14.0. The predicted molar refractivity (Wildman–Crippen MR) is 138 cm³/mol. The van der Waals surface area contributed by atoms with E-state index >= 15 is 0 Å². The van der Waals surface area contributed by atoms with E-state index in [1.807, 2.05) is 0 Å². The molecule has 1 aromatic rings. The highest BCUT2D eigenvalue weighted by Gasteiger charge is 2.25. The number of aliphatic hydroxyl groups excluding tert-OH is 1. The summed E-state index contributed by atoms with van der Waals surface area (Å²) < 4.78 is 11.4. The van der Waals surface area contributed by atoms with Crippen molar-refractivity contribution in [2.24, 2.45) is 10.4 Å². The molecule has 1 heterocycles. The number of halogens is 1. The zero-order valence-corrected chi connectivity index (χ0v) is 21.8. The van der Waals surface area contributed by atoms with Gasteiger partial charge in [0.2, 0.25) is 0 Å². The second-order valence-corrected chi connectivity index (χ2v) is 8.17. The van der Waals surface area contributed by atoms with Gasteiger partial charge in [-0.15, -0.1) is 24.0 Å². The first-order valence-electron chi connectivity index (χ1n) is 11.5. The van der Waals surface area contributed by atoms with Gasteiger partial charge in [0.15, 0.2) is 5.96 Å². The van der Waals surface area contributed by atoms with Crippen molar-refractivity contribution < 1.29 is 14.6 Å². The van der Waals surface area contributed by atoms with Crippen LogP contribution in [0.2, 0.25) is 0 Å². The van der Waals surface area contributed by atoms with E-state index in [4.69, 9.17) is 14.5 Å². The van der Waals surface area contributed by atoms with Crippen LogP contribution in [-0.2, 0) is 22.6 Å². The number of aliphatic hydroxyl groups is 1. The SMILES string of the molecule is CCNC(=NCc1cccc(COC2CCOCC2)c1)NCC(CC)(CC)CCO.I. The van der Waals surface area contributed by atoms with Gasteiger partial charge >= 0.3 is 0 Å². The summed E-state index contributed by atoms with van der Waals surface area (Å²) >= 11 is 0. The Bertz CT molecular complexity index is 632. The minimum absolute atomic E-state index is 0. The number of nitrogens with one attached hydrogen (secondary N) is 2. The number of hydrogen-bond donors (Lipinski definition) is 3. The molecule has 0 amide bonds. The molecule has 1 saturated heterocycles. The van der Waals surface area contributed by atoms with Crippen molar-refractivity contribution in [2.75, 3.05) is 32.9 Å². The van der Waals surface area contributed by atoms with Crippen LogP contribution >= 0.6 is 24.0 Å². The Kier molecular flexibility index (Phi) is 14.4. The third kappa shape index (κ3) is 10.1. The molecule has 7 heteroatoms. The highest BCUT2D eigenvalue weighted by atomic mass is 127. The van der Waals surface area contributed by atoms with Gasteiger partial charge in [-0.05, 0) is 55.6 Å². The van der Waals surface area contributed by atoms with E-state index in [1.165, 1.54) is 11.1 Å². The lowest BCUT2D eigenvalue weighted by molar-refractivity contribution is -0.0390. The van der Waals surface area contributed by atoms with E-state index in [0.29, 0.717) is 19.3 Å². The normalized spacial score (nSPS) is 15.4. The second-order valence-electron chi connectivity index (χ2n) is 8.17. The molecule has 6 nitrogen and oxygen atoms in total. The van der Waals surface area contributed by atoms with Crippen molar-refractivity contribution in [2.45, 2.75) is 72.1 Å². The predicted octanol–water partition coefficient (Wildman–Crippen LogP) is 4.24. The van der Waals surface area contributed by atoms with Gasteiger partial charge in [0, 0.05) is 32.9 Å². The monoisotopic (exact) mass is 547 g/mol. The van der Waals surface area contributed by atoms with Crippen LogP contribution in [0.5, 0.6) is 0 Å². The van der Waals surface area contributed by atoms with Gasteiger partial charge in [-0.3, -0.25) is 0 Å². The van der Waals surface area contributed by atoms with Crippen molar-refractivity contribution in [3.05, 3.63) is 35.4 Å². The summed E-state index contributed by atoms with van der Waals surface area (Å²) in [5.41, 5.74) is 2.46. The van der Waals surface area contributed by atoms with Crippen LogP contribution in [0.3, 0.4) is 0 Å². The lowest BCUT2D eigenvalue weighted by atomic mass is 9.79. The molecular formula is C24H42IN3O3. The molecule has 1 fully saturated rings. The largest absolute Gasteiger partial charge is 0.396 e. The van der Waals surface area contributed by atoms with Gasteiger partial charge in [0.25, 0.3) is 0 Å². The zero-order chi connectivity index (χ0) is 21.7. The number of nitrogens with zero attached hydrogens (tertiary/aromatic N) is 1. The number of benzene rings is 1. The van der Waals surface area contributed by atoms with Gasteiger partial charge in [0.05, 0.1) is 19.3 Å². The molecule has 178 valence electrons. The molecule has 0 radical (unpaired) electrons. The quantitative estimate of drug-likeness (QED) is 0.207. The fourth-order valence-corrected chi connectivity index (χ4v) is 3.84. The molecule has 2 rings (SSSR count). The molecule has 0 atom stereocenters. The third-order valence-corrected chi connectivity index (χ3v) is 6.18. The first kappa shape index (κ1) is 28.1. The maximum Gasteiger partial charge on any atom is 0.191 e. The highest BCUT2D eigenvalue weighted by Crippen LogP contribution is 2.29. The molecule has 0 aromatic heterocycles. The molecule has 0 unspecified atom stereocenters. The van der Waals surface area contributed by atoms with Crippen LogP contribution in [0.1, 0.15) is 64.0 Å². The van der Waals surface area contributed by atoms with E-state index in [-0.39, 0.29) is 36.0 Å². The minimum atomic E-state index is 0. The summed E-state index contributed by atoms with van der Waals surface area (Å²) in [6.45, 7) is 11.2. The lowest BCUT2D eigenvalue weighted by Gasteiger charge is -2.32. The van der Waals surface area contributed by atoms with Crippen LogP contribution in [0.15, 0.2) is 29.3 Å². The molecule has 0 spiro atoms. The van der Waals surface area contributed by atoms with E-state index in [9.17, 15) is 5.11 Å². The number of ether oxygens (including phenoxy) is 2. The van der Waals surface area contributed by atoms with Crippen molar-refractivity contribution in [1.29, 1.82) is 0 Å². The van der Waals surface area contributed by atoms with Gasteiger partial charge in [-0.25, -0.2) is 4.99 Å². The van der Waals surface area contributed by atoms with Gasteiger partial charge in [-0.2, -0.15) is 0 Å². The van der Waals surface area contributed by atoms with Gasteiger partial charge in [0.1, 0.15) is 0 Å². The summed E-state index contributed by atoms with van der Waals surface area (Å²) in [6.07, 6.45) is 5.14. The van der Waals surface area contributed by atoms with E-state index in [2.05, 4.69) is 55.7 Å². The maximum absolute atomic E-state index is 9.45. The molecule has 0 aliphatic carbocycles. The number of rotatable bonds is 12.